The Kier molecular flexibility index (Phi) is 7.28. The van der Waals surface area contributed by atoms with Crippen molar-refractivity contribution in [3.05, 3.63) is 35.4 Å². The molecule has 0 aliphatic carbocycles. The minimum atomic E-state index is -4.33. The Labute approximate surface area is 148 Å². The Morgan fingerprint density at radius 3 is 2.44 bits per heavy atom. The van der Waals surface area contributed by atoms with Crippen LogP contribution < -0.4 is 5.32 Å². The summed E-state index contributed by atoms with van der Waals surface area (Å²) >= 11 is 0. The molecule has 25 heavy (non-hydrogen) atoms. The lowest BCUT2D eigenvalue weighted by atomic mass is 9.84. The number of rotatable bonds is 8. The van der Waals surface area contributed by atoms with Crippen molar-refractivity contribution in [2.24, 2.45) is 0 Å². The summed E-state index contributed by atoms with van der Waals surface area (Å²) < 4.78 is 45.5. The Balaban J connectivity index is 2.10. The monoisotopic (exact) mass is 358 g/mol. The van der Waals surface area contributed by atoms with E-state index in [4.69, 9.17) is 4.74 Å². The van der Waals surface area contributed by atoms with Crippen molar-refractivity contribution < 1.29 is 17.9 Å². The Morgan fingerprint density at radius 2 is 1.84 bits per heavy atom. The lowest BCUT2D eigenvalue weighted by Crippen LogP contribution is -2.42. The van der Waals surface area contributed by atoms with Gasteiger partial charge < -0.3 is 15.0 Å². The number of nitrogens with zero attached hydrogens (tertiary/aromatic N) is 1. The molecule has 0 saturated carbocycles. The summed E-state index contributed by atoms with van der Waals surface area (Å²) in [6, 6.07) is 5.64. The minimum Gasteiger partial charge on any atom is -0.370 e. The zero-order valence-corrected chi connectivity index (χ0v) is 15.2. The SMILES string of the molecule is CCN(CC)CCCOC1(c2cccc(C(F)(F)F)c2)CCNCC1. The highest BCUT2D eigenvalue weighted by molar-refractivity contribution is 5.30. The van der Waals surface area contributed by atoms with Crippen LogP contribution in [0.1, 0.15) is 44.2 Å². The summed E-state index contributed by atoms with van der Waals surface area (Å²) in [4.78, 5) is 2.32. The maximum atomic E-state index is 13.1. The van der Waals surface area contributed by atoms with Crippen LogP contribution in [0.4, 0.5) is 13.2 Å². The summed E-state index contributed by atoms with van der Waals surface area (Å²) in [5.74, 6) is 0. The number of hydrogen-bond donors (Lipinski definition) is 1. The molecule has 0 unspecified atom stereocenters. The van der Waals surface area contributed by atoms with Gasteiger partial charge in [0.2, 0.25) is 0 Å². The van der Waals surface area contributed by atoms with Crippen LogP contribution in [0.2, 0.25) is 0 Å². The molecular weight excluding hydrogens is 329 g/mol. The molecule has 1 N–H and O–H groups in total. The molecule has 1 aliphatic heterocycles. The van der Waals surface area contributed by atoms with Crippen molar-refractivity contribution in [2.45, 2.75) is 44.9 Å². The molecule has 6 heteroatoms. The third-order valence-corrected chi connectivity index (χ3v) is 5.02. The van der Waals surface area contributed by atoms with Gasteiger partial charge in [0.05, 0.1) is 11.2 Å². The summed E-state index contributed by atoms with van der Waals surface area (Å²) in [5, 5.41) is 3.27. The van der Waals surface area contributed by atoms with Gasteiger partial charge >= 0.3 is 6.18 Å². The zero-order chi connectivity index (χ0) is 18.3. The quantitative estimate of drug-likeness (QED) is 0.710. The highest BCUT2D eigenvalue weighted by Crippen LogP contribution is 2.38. The van der Waals surface area contributed by atoms with E-state index in [2.05, 4.69) is 24.1 Å². The van der Waals surface area contributed by atoms with Crippen molar-refractivity contribution in [3.63, 3.8) is 0 Å². The second-order valence-corrected chi connectivity index (χ2v) is 6.55. The number of nitrogens with one attached hydrogen (secondary N) is 1. The number of hydrogen-bond acceptors (Lipinski definition) is 3. The predicted molar refractivity (Wildman–Crippen MR) is 93.6 cm³/mol. The molecule has 1 heterocycles. The van der Waals surface area contributed by atoms with Gasteiger partial charge in [0, 0.05) is 13.2 Å². The van der Waals surface area contributed by atoms with Gasteiger partial charge in [0.25, 0.3) is 0 Å². The molecule has 1 saturated heterocycles. The molecule has 0 radical (unpaired) electrons. The van der Waals surface area contributed by atoms with Crippen LogP contribution in [0.25, 0.3) is 0 Å². The van der Waals surface area contributed by atoms with Crippen LogP contribution in [0.3, 0.4) is 0 Å². The fourth-order valence-electron chi connectivity index (χ4n) is 3.42. The van der Waals surface area contributed by atoms with Gasteiger partial charge in [-0.3, -0.25) is 0 Å². The molecule has 0 bridgehead atoms. The molecule has 1 aromatic rings. The van der Waals surface area contributed by atoms with E-state index in [1.807, 2.05) is 0 Å². The van der Waals surface area contributed by atoms with E-state index in [0.717, 1.165) is 45.2 Å². The Hall–Kier alpha value is -1.11. The first-order valence-corrected chi connectivity index (χ1v) is 9.16. The van der Waals surface area contributed by atoms with Gasteiger partial charge in [-0.05, 0) is 63.1 Å². The molecule has 0 amide bonds. The summed E-state index contributed by atoms with van der Waals surface area (Å²) in [6.45, 7) is 9.27. The maximum absolute atomic E-state index is 13.1. The van der Waals surface area contributed by atoms with Crippen LogP contribution in [-0.2, 0) is 16.5 Å². The third-order valence-electron chi connectivity index (χ3n) is 5.02. The van der Waals surface area contributed by atoms with Crippen molar-refractivity contribution in [1.82, 2.24) is 10.2 Å². The van der Waals surface area contributed by atoms with E-state index in [-0.39, 0.29) is 0 Å². The summed E-state index contributed by atoms with van der Waals surface area (Å²) in [5.41, 5.74) is -0.572. The largest absolute Gasteiger partial charge is 0.416 e. The first kappa shape index (κ1) is 20.2. The fourth-order valence-corrected chi connectivity index (χ4v) is 3.42. The van der Waals surface area contributed by atoms with E-state index in [1.54, 1.807) is 6.07 Å². The molecule has 1 fully saturated rings. The van der Waals surface area contributed by atoms with Crippen molar-refractivity contribution >= 4 is 0 Å². The van der Waals surface area contributed by atoms with Gasteiger partial charge in [-0.1, -0.05) is 26.0 Å². The first-order chi connectivity index (χ1) is 11.9. The Bertz CT molecular complexity index is 524. The topological polar surface area (TPSA) is 24.5 Å². The molecule has 0 aromatic heterocycles. The van der Waals surface area contributed by atoms with Crippen LogP contribution in [0.5, 0.6) is 0 Å². The van der Waals surface area contributed by atoms with Crippen LogP contribution >= 0.6 is 0 Å². The highest BCUT2D eigenvalue weighted by Gasteiger charge is 2.37. The van der Waals surface area contributed by atoms with E-state index in [0.29, 0.717) is 25.0 Å². The lowest BCUT2D eigenvalue weighted by Gasteiger charge is -2.38. The molecule has 1 aromatic carbocycles. The maximum Gasteiger partial charge on any atom is 0.416 e. The smallest absolute Gasteiger partial charge is 0.370 e. The highest BCUT2D eigenvalue weighted by atomic mass is 19.4. The van der Waals surface area contributed by atoms with Crippen molar-refractivity contribution in [1.29, 1.82) is 0 Å². The van der Waals surface area contributed by atoms with Gasteiger partial charge in [0.15, 0.2) is 0 Å². The van der Waals surface area contributed by atoms with Crippen LogP contribution in [-0.4, -0.2) is 44.2 Å². The van der Waals surface area contributed by atoms with Gasteiger partial charge in [-0.25, -0.2) is 0 Å². The van der Waals surface area contributed by atoms with Crippen molar-refractivity contribution in [3.8, 4) is 0 Å². The second-order valence-electron chi connectivity index (χ2n) is 6.55. The fraction of sp³-hybridized carbons (Fsp3) is 0.684. The van der Waals surface area contributed by atoms with E-state index in [1.165, 1.54) is 12.1 Å². The average Bonchev–Trinajstić information content (AvgIpc) is 2.62. The number of halogens is 3. The van der Waals surface area contributed by atoms with E-state index < -0.39 is 17.3 Å². The summed E-state index contributed by atoms with van der Waals surface area (Å²) in [6.07, 6.45) is -2.05. The number of alkyl halides is 3. The number of piperidine rings is 1. The standard InChI is InChI=1S/C19H29F3N2O/c1-3-24(4-2)13-6-14-25-18(9-11-23-12-10-18)16-7-5-8-17(15-16)19(20,21)22/h5,7-8,15,23H,3-4,6,9-14H2,1-2H3. The molecule has 0 spiro atoms. The summed E-state index contributed by atoms with van der Waals surface area (Å²) in [7, 11) is 0. The molecule has 2 rings (SSSR count). The predicted octanol–water partition coefficient (Wildman–Crippen LogP) is 4.03. The van der Waals surface area contributed by atoms with Crippen LogP contribution in [0.15, 0.2) is 24.3 Å². The molecule has 3 nitrogen and oxygen atoms in total. The molecular formula is C19H29F3N2O. The first-order valence-electron chi connectivity index (χ1n) is 9.16. The molecule has 0 atom stereocenters. The van der Waals surface area contributed by atoms with Crippen molar-refractivity contribution in [2.75, 3.05) is 39.3 Å². The van der Waals surface area contributed by atoms with Gasteiger partial charge in [-0.15, -0.1) is 0 Å². The lowest BCUT2D eigenvalue weighted by molar-refractivity contribution is -0.138. The van der Waals surface area contributed by atoms with Crippen LogP contribution in [0, 0.1) is 0 Å². The van der Waals surface area contributed by atoms with Gasteiger partial charge in [-0.2, -0.15) is 13.2 Å². The average molecular weight is 358 g/mol. The van der Waals surface area contributed by atoms with E-state index in [9.17, 15) is 13.2 Å². The molecule has 142 valence electrons. The van der Waals surface area contributed by atoms with Gasteiger partial charge in [0.1, 0.15) is 0 Å². The minimum absolute atomic E-state index is 0.562. The number of ether oxygens (including phenoxy) is 1. The Morgan fingerprint density at radius 1 is 1.16 bits per heavy atom. The second kappa shape index (κ2) is 9.01. The molecule has 1 aliphatic rings. The normalized spacial score (nSPS) is 17.8. The zero-order valence-electron chi connectivity index (χ0n) is 15.2. The number of benzene rings is 1. The van der Waals surface area contributed by atoms with E-state index >= 15 is 0 Å². The third kappa shape index (κ3) is 5.43.